The van der Waals surface area contributed by atoms with E-state index in [0.717, 1.165) is 5.46 Å². The van der Waals surface area contributed by atoms with E-state index in [2.05, 4.69) is 0 Å². The molecule has 3 unspecified atom stereocenters. The number of rotatable bonds is 5. The van der Waals surface area contributed by atoms with Crippen LogP contribution >= 0.6 is 0 Å². The summed E-state index contributed by atoms with van der Waals surface area (Å²) in [5.41, 5.74) is -2.26. The molecule has 2 aliphatic carbocycles. The second kappa shape index (κ2) is 7.85. The number of imide groups is 1. The average Bonchev–Trinajstić information content (AvgIpc) is 3.19. The number of likely N-dealkylation sites (tertiary alicyclic amines) is 1. The molecule has 4 aliphatic rings. The van der Waals surface area contributed by atoms with Crippen molar-refractivity contribution < 1.29 is 34.2 Å². The number of allylic oxidation sites excluding steroid dienone is 2. The molecule has 0 aromatic heterocycles. The third-order valence-corrected chi connectivity index (χ3v) is 8.54. The average molecular weight is 481 g/mol. The topological polar surface area (TPSA) is 117 Å². The smallest absolute Gasteiger partial charge is 0.399 e. The van der Waals surface area contributed by atoms with E-state index in [-0.39, 0.29) is 24.7 Å². The molecule has 1 aromatic carbocycles. The minimum Gasteiger partial charge on any atom is -0.399 e. The number of fused-ring (bicyclic) bond motifs is 1. The molecule has 5 rings (SSSR count). The van der Waals surface area contributed by atoms with Crippen LogP contribution in [0.25, 0.3) is 0 Å². The fourth-order valence-corrected chi connectivity index (χ4v) is 5.70. The van der Waals surface area contributed by atoms with Gasteiger partial charge in [0, 0.05) is 12.8 Å². The number of benzene rings is 1. The molecule has 3 atom stereocenters. The molecule has 0 spiro atoms. The van der Waals surface area contributed by atoms with Gasteiger partial charge < -0.3 is 24.6 Å². The monoisotopic (exact) mass is 481 g/mol. The quantitative estimate of drug-likeness (QED) is 0.421. The van der Waals surface area contributed by atoms with Gasteiger partial charge in [0.15, 0.2) is 0 Å². The van der Waals surface area contributed by atoms with Crippen LogP contribution in [0.2, 0.25) is 0 Å². The zero-order valence-electron chi connectivity index (χ0n) is 20.5. The summed E-state index contributed by atoms with van der Waals surface area (Å²) in [6.07, 6.45) is 5.46. The van der Waals surface area contributed by atoms with Crippen molar-refractivity contribution in [3.05, 3.63) is 54.1 Å². The molecule has 2 amide bonds. The van der Waals surface area contributed by atoms with E-state index < -0.39 is 54.0 Å². The zero-order chi connectivity index (χ0) is 25.4. The van der Waals surface area contributed by atoms with Crippen molar-refractivity contribution in [2.45, 2.75) is 69.0 Å². The summed E-state index contributed by atoms with van der Waals surface area (Å²) in [6, 6.07) is 7.33. The lowest BCUT2D eigenvalue weighted by molar-refractivity contribution is -0.210. The lowest BCUT2D eigenvalue weighted by Crippen LogP contribution is -2.68. The summed E-state index contributed by atoms with van der Waals surface area (Å²) >= 11 is 0. The minimum atomic E-state index is -1.61. The molecule has 3 N–H and O–H groups in total. The Bertz CT molecular complexity index is 1060. The molecule has 1 aromatic rings. The van der Waals surface area contributed by atoms with Crippen molar-refractivity contribution in [2.24, 2.45) is 11.8 Å². The predicted molar refractivity (Wildman–Crippen MR) is 128 cm³/mol. The zero-order valence-corrected chi connectivity index (χ0v) is 20.5. The number of carbonyl (C=O) groups is 2. The molecule has 2 heterocycles. The van der Waals surface area contributed by atoms with Crippen molar-refractivity contribution in [1.82, 2.24) is 4.90 Å². The summed E-state index contributed by atoms with van der Waals surface area (Å²) < 4.78 is 12.3. The van der Waals surface area contributed by atoms with Gasteiger partial charge in [-0.2, -0.15) is 0 Å². The van der Waals surface area contributed by atoms with Crippen LogP contribution in [0, 0.1) is 11.8 Å². The third kappa shape index (κ3) is 3.48. The van der Waals surface area contributed by atoms with Gasteiger partial charge in [-0.25, -0.2) is 0 Å². The summed E-state index contributed by atoms with van der Waals surface area (Å²) in [5, 5.41) is 30.7. The lowest BCUT2D eigenvalue weighted by Gasteiger charge is -2.58. The van der Waals surface area contributed by atoms with Gasteiger partial charge in [0.1, 0.15) is 6.10 Å². The SMILES string of the molecule is CC1(C)OB(c2ccc(C3(N4C(=O)C5C=CC=CC5C4=O)CC(O)(C(O)CO)C3)cc2)OC1(C)C. The molecule has 2 aliphatic heterocycles. The van der Waals surface area contributed by atoms with Crippen molar-refractivity contribution in [3.8, 4) is 0 Å². The summed E-state index contributed by atoms with van der Waals surface area (Å²) in [7, 11) is -0.562. The van der Waals surface area contributed by atoms with Gasteiger partial charge >= 0.3 is 7.12 Å². The van der Waals surface area contributed by atoms with Crippen LogP contribution in [0.4, 0.5) is 0 Å². The van der Waals surface area contributed by atoms with Crippen LogP contribution in [0.1, 0.15) is 46.1 Å². The number of aliphatic hydroxyl groups excluding tert-OH is 2. The molecule has 2 saturated heterocycles. The van der Waals surface area contributed by atoms with E-state index in [4.69, 9.17) is 9.31 Å². The van der Waals surface area contributed by atoms with Gasteiger partial charge in [0.05, 0.1) is 40.8 Å². The Morgan fingerprint density at radius 1 is 0.971 bits per heavy atom. The first-order chi connectivity index (χ1) is 16.4. The van der Waals surface area contributed by atoms with E-state index in [1.807, 2.05) is 52.0 Å². The third-order valence-electron chi connectivity index (χ3n) is 8.54. The highest BCUT2D eigenvalue weighted by molar-refractivity contribution is 6.62. The molecule has 35 heavy (non-hydrogen) atoms. The Morgan fingerprint density at radius 3 is 1.91 bits per heavy atom. The van der Waals surface area contributed by atoms with E-state index >= 15 is 0 Å². The lowest BCUT2D eigenvalue weighted by atomic mass is 9.58. The van der Waals surface area contributed by atoms with E-state index in [1.165, 1.54) is 4.90 Å². The van der Waals surface area contributed by atoms with Crippen LogP contribution in [0.3, 0.4) is 0 Å². The fourth-order valence-electron chi connectivity index (χ4n) is 5.70. The summed E-state index contributed by atoms with van der Waals surface area (Å²) in [5.74, 6) is -1.80. The van der Waals surface area contributed by atoms with Gasteiger partial charge in [0.2, 0.25) is 11.8 Å². The number of amides is 2. The fraction of sp³-hybridized carbons (Fsp3) is 0.538. The van der Waals surface area contributed by atoms with Gasteiger partial charge in [-0.15, -0.1) is 0 Å². The second-order valence-corrected chi connectivity index (χ2v) is 11.2. The van der Waals surface area contributed by atoms with Crippen LogP contribution in [0.15, 0.2) is 48.6 Å². The predicted octanol–water partition coefficient (Wildman–Crippen LogP) is 0.786. The number of nitrogens with zero attached hydrogens (tertiary/aromatic N) is 1. The maximum absolute atomic E-state index is 13.4. The second-order valence-electron chi connectivity index (χ2n) is 11.2. The molecule has 8 nitrogen and oxygen atoms in total. The van der Waals surface area contributed by atoms with Gasteiger partial charge in [-0.1, -0.05) is 48.6 Å². The van der Waals surface area contributed by atoms with Crippen molar-refractivity contribution in [3.63, 3.8) is 0 Å². The van der Waals surface area contributed by atoms with Gasteiger partial charge in [0.25, 0.3) is 0 Å². The van der Waals surface area contributed by atoms with Crippen molar-refractivity contribution in [2.75, 3.05) is 6.61 Å². The first-order valence-electron chi connectivity index (χ1n) is 12.1. The summed E-state index contributed by atoms with van der Waals surface area (Å²) in [6.45, 7) is 7.29. The van der Waals surface area contributed by atoms with Gasteiger partial charge in [-0.3, -0.25) is 14.5 Å². The van der Waals surface area contributed by atoms with Crippen molar-refractivity contribution >= 4 is 24.4 Å². The van der Waals surface area contributed by atoms with Gasteiger partial charge in [-0.05, 0) is 38.7 Å². The standard InChI is InChI=1S/C26H32BNO7/c1-23(2)24(3,4)35-27(34-23)17-11-9-16(10-12-17)25(14-26(33,15-25)20(30)13-29)28-21(31)18-7-5-6-8-19(18)22(28)32/h5-12,18-20,29-30,33H,13-15H2,1-4H3. The Labute approximate surface area is 205 Å². The van der Waals surface area contributed by atoms with Crippen LogP contribution in [-0.2, 0) is 24.4 Å². The molecular formula is C26H32BNO7. The molecule has 1 saturated carbocycles. The van der Waals surface area contributed by atoms with Crippen LogP contribution in [0.5, 0.6) is 0 Å². The Hall–Kier alpha value is -2.30. The maximum atomic E-state index is 13.4. The van der Waals surface area contributed by atoms with E-state index in [0.29, 0.717) is 5.56 Å². The maximum Gasteiger partial charge on any atom is 0.494 e. The number of aliphatic hydroxyl groups is 3. The normalized spacial score (nSPS) is 35.9. The number of carbonyl (C=O) groups excluding carboxylic acids is 2. The minimum absolute atomic E-state index is 0.0675. The molecule has 186 valence electrons. The molecule has 3 fully saturated rings. The highest BCUT2D eigenvalue weighted by atomic mass is 16.7. The largest absolute Gasteiger partial charge is 0.494 e. The Morgan fingerprint density at radius 2 is 1.46 bits per heavy atom. The van der Waals surface area contributed by atoms with Crippen molar-refractivity contribution in [1.29, 1.82) is 0 Å². The molecule has 0 radical (unpaired) electrons. The molecular weight excluding hydrogens is 449 g/mol. The van der Waals surface area contributed by atoms with Crippen LogP contribution in [-0.4, -0.2) is 68.7 Å². The Kier molecular flexibility index (Phi) is 5.47. The van der Waals surface area contributed by atoms with Crippen LogP contribution < -0.4 is 5.46 Å². The van der Waals surface area contributed by atoms with E-state index in [1.54, 1.807) is 24.3 Å². The first-order valence-corrected chi connectivity index (χ1v) is 12.1. The highest BCUT2D eigenvalue weighted by Gasteiger charge is 2.66. The first kappa shape index (κ1) is 24.4. The number of hydrogen-bond acceptors (Lipinski definition) is 7. The highest BCUT2D eigenvalue weighted by Crippen LogP contribution is 2.56. The summed E-state index contributed by atoms with van der Waals surface area (Å²) in [4.78, 5) is 28.1. The number of hydrogen-bond donors (Lipinski definition) is 3. The Balaban J connectivity index is 1.50. The molecule has 0 bridgehead atoms. The molecule has 9 heteroatoms. The van der Waals surface area contributed by atoms with E-state index in [9.17, 15) is 24.9 Å².